The average molecular weight is 330 g/mol. The Morgan fingerprint density at radius 1 is 0.840 bits per heavy atom. The molecule has 1 atom stereocenters. The zero-order valence-corrected chi connectivity index (χ0v) is 15.6. The lowest BCUT2D eigenvalue weighted by Gasteiger charge is -2.58. The van der Waals surface area contributed by atoms with Crippen molar-refractivity contribution < 1.29 is 0 Å². The van der Waals surface area contributed by atoms with Gasteiger partial charge in [0.2, 0.25) is 0 Å². The summed E-state index contributed by atoms with van der Waals surface area (Å²) in [7, 11) is 0. The van der Waals surface area contributed by atoms with Gasteiger partial charge < -0.3 is 9.80 Å². The zero-order chi connectivity index (χ0) is 18.0. The molecule has 5 rings (SSSR count). The molecule has 128 valence electrons. The van der Waals surface area contributed by atoms with Crippen LogP contribution in [0.25, 0.3) is 11.1 Å². The second-order valence-corrected chi connectivity index (χ2v) is 7.95. The summed E-state index contributed by atoms with van der Waals surface area (Å²) in [6.45, 7) is 15.5. The molecule has 2 aromatic rings. The van der Waals surface area contributed by atoms with E-state index in [2.05, 4.69) is 106 Å². The number of fused-ring (bicyclic) bond motifs is 3. The van der Waals surface area contributed by atoms with E-state index in [0.717, 1.165) is 0 Å². The lowest BCUT2D eigenvalue weighted by molar-refractivity contribution is 0.0529. The molecule has 0 amide bonds. The van der Waals surface area contributed by atoms with Crippen LogP contribution in [0.2, 0.25) is 0 Å². The van der Waals surface area contributed by atoms with Crippen molar-refractivity contribution in [2.75, 3.05) is 4.90 Å². The van der Waals surface area contributed by atoms with Crippen LogP contribution in [0.3, 0.4) is 0 Å². The Kier molecular flexibility index (Phi) is 3.21. The third-order valence-electron chi connectivity index (χ3n) is 6.60. The first-order valence-corrected chi connectivity index (χ1v) is 8.92. The molecule has 0 fully saturated rings. The fourth-order valence-corrected chi connectivity index (χ4v) is 4.63. The van der Waals surface area contributed by atoms with Crippen LogP contribution in [0.1, 0.15) is 45.0 Å². The van der Waals surface area contributed by atoms with Gasteiger partial charge in [-0.3, -0.25) is 0 Å². The van der Waals surface area contributed by atoms with E-state index in [9.17, 15) is 0 Å². The van der Waals surface area contributed by atoms with Crippen LogP contribution >= 0.6 is 0 Å². The van der Waals surface area contributed by atoms with E-state index in [0.29, 0.717) is 6.17 Å². The molecule has 0 saturated heterocycles. The van der Waals surface area contributed by atoms with E-state index < -0.39 is 0 Å². The van der Waals surface area contributed by atoms with Crippen LogP contribution in [-0.2, 0) is 5.41 Å². The van der Waals surface area contributed by atoms with E-state index in [1.807, 2.05) is 0 Å². The molecule has 0 aromatic heterocycles. The molecule has 0 radical (unpaired) electrons. The first kappa shape index (κ1) is 16.0. The second kappa shape index (κ2) is 5.01. The van der Waals surface area contributed by atoms with Crippen LogP contribution in [0, 0.1) is 0 Å². The average Bonchev–Trinajstić information content (AvgIpc) is 3.08. The highest BCUT2D eigenvalue weighted by Gasteiger charge is 2.55. The van der Waals surface area contributed by atoms with Crippen LogP contribution in [0.4, 0.5) is 5.69 Å². The molecule has 0 aliphatic carbocycles. The predicted octanol–water partition coefficient (Wildman–Crippen LogP) is 5.83. The number of anilines is 1. The first-order valence-electron chi connectivity index (χ1n) is 8.92. The SMILES string of the molecule is C=C.CC1(C)c2cccc3c2C2N(C=CN2C1(C)C)c1ccccc1-3. The van der Waals surface area contributed by atoms with Gasteiger partial charge in [0.1, 0.15) is 6.17 Å². The third-order valence-corrected chi connectivity index (χ3v) is 6.60. The highest BCUT2D eigenvalue weighted by Crippen LogP contribution is 2.59. The predicted molar refractivity (Wildman–Crippen MR) is 106 cm³/mol. The molecule has 0 bridgehead atoms. The van der Waals surface area contributed by atoms with Crippen molar-refractivity contribution in [1.29, 1.82) is 0 Å². The highest BCUT2D eigenvalue weighted by atomic mass is 15.4. The summed E-state index contributed by atoms with van der Waals surface area (Å²) in [5.74, 6) is 0. The fourth-order valence-electron chi connectivity index (χ4n) is 4.63. The standard InChI is InChI=1S/C21H22N2.C2H4/c1-20(2)16-10-7-9-15-14-8-5-6-11-17(14)22-12-13-23(21(20,3)4)19(22)18(15)16;1-2/h5-13,19H,1-4H3;1-2H2. The molecule has 0 spiro atoms. The molecular formula is C23H26N2. The largest absolute Gasteiger partial charge is 0.346 e. The number of rotatable bonds is 0. The van der Waals surface area contributed by atoms with E-state index >= 15 is 0 Å². The van der Waals surface area contributed by atoms with Gasteiger partial charge in [0.25, 0.3) is 0 Å². The van der Waals surface area contributed by atoms with E-state index in [4.69, 9.17) is 0 Å². The smallest absolute Gasteiger partial charge is 0.133 e. The summed E-state index contributed by atoms with van der Waals surface area (Å²) < 4.78 is 0. The van der Waals surface area contributed by atoms with Gasteiger partial charge in [-0.2, -0.15) is 0 Å². The van der Waals surface area contributed by atoms with Gasteiger partial charge in [0, 0.05) is 34.5 Å². The van der Waals surface area contributed by atoms with Gasteiger partial charge in [0.15, 0.2) is 0 Å². The highest BCUT2D eigenvalue weighted by molar-refractivity contribution is 5.87. The number of hydrogen-bond acceptors (Lipinski definition) is 2. The van der Waals surface area contributed by atoms with E-state index in [-0.39, 0.29) is 11.0 Å². The Bertz CT molecular complexity index is 875. The van der Waals surface area contributed by atoms with Crippen molar-refractivity contribution >= 4 is 5.69 Å². The fraction of sp³-hybridized carbons (Fsp3) is 0.304. The van der Waals surface area contributed by atoms with Gasteiger partial charge >= 0.3 is 0 Å². The number of para-hydroxylation sites is 1. The molecule has 0 N–H and O–H groups in total. The number of nitrogens with zero attached hydrogens (tertiary/aromatic N) is 2. The Balaban J connectivity index is 0.000000758. The van der Waals surface area contributed by atoms with Crippen molar-refractivity contribution in [3.63, 3.8) is 0 Å². The minimum atomic E-state index is 0.0564. The van der Waals surface area contributed by atoms with E-state index in [1.54, 1.807) is 0 Å². The molecule has 3 heterocycles. The molecule has 3 aliphatic rings. The maximum Gasteiger partial charge on any atom is 0.133 e. The van der Waals surface area contributed by atoms with Crippen LogP contribution in [0.5, 0.6) is 0 Å². The molecule has 25 heavy (non-hydrogen) atoms. The van der Waals surface area contributed by atoms with Crippen LogP contribution in [0.15, 0.2) is 68.0 Å². The third kappa shape index (κ3) is 1.75. The van der Waals surface area contributed by atoms with Crippen molar-refractivity contribution in [3.05, 3.63) is 79.1 Å². The molecular weight excluding hydrogens is 304 g/mol. The minimum Gasteiger partial charge on any atom is -0.346 e. The maximum absolute atomic E-state index is 3.00. The van der Waals surface area contributed by atoms with Gasteiger partial charge in [-0.1, -0.05) is 50.2 Å². The minimum absolute atomic E-state index is 0.0564. The summed E-state index contributed by atoms with van der Waals surface area (Å²) >= 11 is 0. The zero-order valence-electron chi connectivity index (χ0n) is 15.6. The van der Waals surface area contributed by atoms with Gasteiger partial charge in [0.05, 0.1) is 5.69 Å². The Hall–Kier alpha value is -2.48. The summed E-state index contributed by atoms with van der Waals surface area (Å²) in [5.41, 5.74) is 7.18. The topological polar surface area (TPSA) is 6.48 Å². The summed E-state index contributed by atoms with van der Waals surface area (Å²) in [5, 5.41) is 0. The molecule has 2 aromatic carbocycles. The first-order chi connectivity index (χ1) is 11.9. The van der Waals surface area contributed by atoms with Gasteiger partial charge in [-0.15, -0.1) is 13.2 Å². The maximum atomic E-state index is 3.00. The lowest BCUT2D eigenvalue weighted by atomic mass is 9.63. The summed E-state index contributed by atoms with van der Waals surface area (Å²) in [6.07, 6.45) is 4.83. The van der Waals surface area contributed by atoms with Crippen LogP contribution < -0.4 is 4.90 Å². The Morgan fingerprint density at radius 3 is 2.28 bits per heavy atom. The molecule has 3 aliphatic heterocycles. The van der Waals surface area contributed by atoms with Crippen molar-refractivity contribution in [1.82, 2.24) is 4.90 Å². The lowest BCUT2D eigenvalue weighted by Crippen LogP contribution is -2.60. The summed E-state index contributed by atoms with van der Waals surface area (Å²) in [6, 6.07) is 15.6. The Labute approximate surface area is 151 Å². The monoisotopic (exact) mass is 330 g/mol. The quantitative estimate of drug-likeness (QED) is 0.561. The molecule has 2 heteroatoms. The number of hydrogen-bond donors (Lipinski definition) is 0. The molecule has 0 saturated carbocycles. The second-order valence-electron chi connectivity index (χ2n) is 7.95. The summed E-state index contributed by atoms with van der Waals surface area (Å²) in [4.78, 5) is 4.99. The molecule has 2 nitrogen and oxygen atoms in total. The van der Waals surface area contributed by atoms with Crippen molar-refractivity contribution in [2.45, 2.75) is 44.8 Å². The van der Waals surface area contributed by atoms with Crippen LogP contribution in [-0.4, -0.2) is 10.4 Å². The molecule has 1 unspecified atom stereocenters. The van der Waals surface area contributed by atoms with Crippen molar-refractivity contribution in [3.8, 4) is 11.1 Å². The van der Waals surface area contributed by atoms with Crippen molar-refractivity contribution in [2.24, 2.45) is 0 Å². The van der Waals surface area contributed by atoms with Gasteiger partial charge in [-0.05, 0) is 31.0 Å². The normalized spacial score (nSPS) is 22.6. The van der Waals surface area contributed by atoms with E-state index in [1.165, 1.54) is 27.9 Å². The number of benzene rings is 2. The van der Waals surface area contributed by atoms with Gasteiger partial charge in [-0.25, -0.2) is 0 Å². The Morgan fingerprint density at radius 2 is 1.52 bits per heavy atom.